The van der Waals surface area contributed by atoms with Gasteiger partial charge < -0.3 is 16.4 Å². The van der Waals surface area contributed by atoms with Gasteiger partial charge in [0.25, 0.3) is 5.91 Å². The highest BCUT2D eigenvalue weighted by Gasteiger charge is 2.36. The zero-order chi connectivity index (χ0) is 22.7. The average molecular weight is 437 g/mol. The summed E-state index contributed by atoms with van der Waals surface area (Å²) in [5.74, 6) is -1.90. The topological polar surface area (TPSA) is 117 Å². The van der Waals surface area contributed by atoms with Crippen LogP contribution in [0.1, 0.15) is 24.8 Å². The number of halogens is 1. The van der Waals surface area contributed by atoms with E-state index in [9.17, 15) is 18.8 Å². The molecular weight excluding hydrogens is 413 g/mol. The molecule has 2 aromatic rings. The highest BCUT2D eigenvalue weighted by Crippen LogP contribution is 2.25. The van der Waals surface area contributed by atoms with E-state index in [0.29, 0.717) is 12.1 Å². The molecule has 0 radical (unpaired) electrons. The van der Waals surface area contributed by atoms with E-state index in [1.54, 1.807) is 0 Å². The largest absolute Gasteiger partial charge is 0.368 e. The summed E-state index contributed by atoms with van der Waals surface area (Å²) in [5, 5.41) is 11.3. The number of rotatable bonds is 8. The lowest BCUT2D eigenvalue weighted by Crippen LogP contribution is -2.50. The number of nitrogens with two attached hydrogens (primary N) is 1. The number of benzene rings is 2. The zero-order valence-corrected chi connectivity index (χ0v) is 17.3. The van der Waals surface area contributed by atoms with E-state index in [2.05, 4.69) is 15.7 Å². The third-order valence-electron chi connectivity index (χ3n) is 5.42. The molecule has 2 aliphatic rings. The fourth-order valence-corrected chi connectivity index (χ4v) is 3.53. The number of nitrogens with one attached hydrogen (secondary N) is 2. The van der Waals surface area contributed by atoms with Gasteiger partial charge in [-0.3, -0.25) is 19.4 Å². The molecule has 2 unspecified atom stereocenters. The summed E-state index contributed by atoms with van der Waals surface area (Å²) >= 11 is 0. The van der Waals surface area contributed by atoms with Crippen LogP contribution in [0.2, 0.25) is 0 Å². The Balaban J connectivity index is 1.52. The summed E-state index contributed by atoms with van der Waals surface area (Å²) < 4.78 is 13.3. The molecule has 0 spiro atoms. The lowest BCUT2D eigenvalue weighted by atomic mass is 10.0. The van der Waals surface area contributed by atoms with Crippen LogP contribution in [0.25, 0.3) is 0 Å². The van der Waals surface area contributed by atoms with Crippen molar-refractivity contribution in [3.8, 4) is 0 Å². The molecule has 4 rings (SSSR count). The quantitative estimate of drug-likeness (QED) is 0.576. The molecule has 1 saturated carbocycles. The lowest BCUT2D eigenvalue weighted by molar-refractivity contribution is -0.126. The Kier molecular flexibility index (Phi) is 6.16. The minimum atomic E-state index is -0.880. The lowest BCUT2D eigenvalue weighted by Gasteiger charge is -2.20. The van der Waals surface area contributed by atoms with Crippen molar-refractivity contribution in [2.75, 3.05) is 5.01 Å². The van der Waals surface area contributed by atoms with Gasteiger partial charge in [0.1, 0.15) is 23.6 Å². The van der Waals surface area contributed by atoms with Gasteiger partial charge >= 0.3 is 0 Å². The van der Waals surface area contributed by atoms with E-state index >= 15 is 0 Å². The number of hydrogen-bond donors (Lipinski definition) is 3. The maximum absolute atomic E-state index is 13.3. The first-order valence-electron chi connectivity index (χ1n) is 10.5. The molecule has 8 nitrogen and oxygen atoms in total. The summed E-state index contributed by atoms with van der Waals surface area (Å²) in [4.78, 5) is 37.7. The summed E-state index contributed by atoms with van der Waals surface area (Å²) in [7, 11) is 0. The molecule has 4 N–H and O–H groups in total. The summed E-state index contributed by atoms with van der Waals surface area (Å²) in [6, 6.07) is 13.2. The number of anilines is 1. The average Bonchev–Trinajstić information content (AvgIpc) is 3.47. The molecule has 1 fully saturated rings. The van der Waals surface area contributed by atoms with Crippen LogP contribution in [-0.2, 0) is 20.8 Å². The molecule has 0 saturated heterocycles. The van der Waals surface area contributed by atoms with Crippen LogP contribution in [-0.4, -0.2) is 41.6 Å². The van der Waals surface area contributed by atoms with Gasteiger partial charge in [0, 0.05) is 18.9 Å². The van der Waals surface area contributed by atoms with Crippen LogP contribution in [0, 0.1) is 5.82 Å². The van der Waals surface area contributed by atoms with E-state index in [1.807, 2.05) is 30.3 Å². The van der Waals surface area contributed by atoms with Gasteiger partial charge in [-0.25, -0.2) is 4.39 Å². The second kappa shape index (κ2) is 9.17. The van der Waals surface area contributed by atoms with Gasteiger partial charge in [-0.05, 0) is 42.7 Å². The van der Waals surface area contributed by atoms with Crippen LogP contribution in [0.15, 0.2) is 59.7 Å². The van der Waals surface area contributed by atoms with Crippen molar-refractivity contribution in [3.63, 3.8) is 0 Å². The normalized spacial score (nSPS) is 18.6. The summed E-state index contributed by atoms with van der Waals surface area (Å²) in [5.41, 5.74) is 6.92. The van der Waals surface area contributed by atoms with Crippen LogP contribution in [0.5, 0.6) is 0 Å². The first-order chi connectivity index (χ1) is 15.4. The van der Waals surface area contributed by atoms with Gasteiger partial charge in [0.15, 0.2) is 0 Å². The highest BCUT2D eigenvalue weighted by atomic mass is 19.1. The Morgan fingerprint density at radius 1 is 1.09 bits per heavy atom. The van der Waals surface area contributed by atoms with E-state index in [-0.39, 0.29) is 24.1 Å². The highest BCUT2D eigenvalue weighted by molar-refractivity contribution is 6.40. The van der Waals surface area contributed by atoms with Crippen LogP contribution < -0.4 is 21.4 Å². The standard InChI is InChI=1S/C23H24FN5O3/c24-15-6-10-17(11-7-15)29-20(21(25)30)13-19(28-29)23(32)27-18(22(31)26-16-8-9-16)12-14-4-2-1-3-5-14/h1-7,10-11,16,18,20H,8-9,12-13H2,(H2,25,30)(H,26,31)(H,27,32). The van der Waals surface area contributed by atoms with Crippen molar-refractivity contribution in [1.82, 2.24) is 10.6 Å². The Labute approximate surface area is 184 Å². The second-order valence-corrected chi connectivity index (χ2v) is 7.99. The molecule has 0 bridgehead atoms. The van der Waals surface area contributed by atoms with Crippen LogP contribution in [0.3, 0.4) is 0 Å². The molecule has 3 amide bonds. The maximum Gasteiger partial charge on any atom is 0.268 e. The molecule has 1 aliphatic heterocycles. The van der Waals surface area contributed by atoms with Gasteiger partial charge in [0.05, 0.1) is 5.69 Å². The van der Waals surface area contributed by atoms with E-state index in [0.717, 1.165) is 18.4 Å². The van der Waals surface area contributed by atoms with Gasteiger partial charge in [-0.2, -0.15) is 5.10 Å². The first-order valence-corrected chi connectivity index (χ1v) is 10.5. The van der Waals surface area contributed by atoms with Crippen LogP contribution >= 0.6 is 0 Å². The summed E-state index contributed by atoms with van der Waals surface area (Å²) in [6.07, 6.45) is 2.16. The fourth-order valence-electron chi connectivity index (χ4n) is 3.53. The van der Waals surface area contributed by atoms with Crippen molar-refractivity contribution < 1.29 is 18.8 Å². The summed E-state index contributed by atoms with van der Waals surface area (Å²) in [6.45, 7) is 0. The van der Waals surface area contributed by atoms with Crippen molar-refractivity contribution >= 4 is 29.1 Å². The number of carbonyl (C=O) groups excluding carboxylic acids is 3. The maximum atomic E-state index is 13.3. The first kappa shape index (κ1) is 21.5. The fraction of sp³-hybridized carbons (Fsp3) is 0.304. The Hall–Kier alpha value is -3.75. The van der Waals surface area contributed by atoms with E-state index < -0.39 is 29.7 Å². The number of primary amides is 1. The van der Waals surface area contributed by atoms with Gasteiger partial charge in [-0.1, -0.05) is 30.3 Å². The molecule has 9 heteroatoms. The van der Waals surface area contributed by atoms with Gasteiger partial charge in [-0.15, -0.1) is 0 Å². The monoisotopic (exact) mass is 437 g/mol. The second-order valence-electron chi connectivity index (χ2n) is 7.99. The van der Waals surface area contributed by atoms with E-state index in [4.69, 9.17) is 5.73 Å². The Bertz CT molecular complexity index is 1040. The molecular formula is C23H24FN5O3. The molecule has 2 aromatic carbocycles. The number of carbonyl (C=O) groups is 3. The van der Waals surface area contributed by atoms with Crippen molar-refractivity contribution in [2.45, 2.75) is 43.8 Å². The molecule has 1 heterocycles. The molecule has 2 atom stereocenters. The molecule has 0 aromatic heterocycles. The van der Waals surface area contributed by atoms with Gasteiger partial charge in [0.2, 0.25) is 11.8 Å². The van der Waals surface area contributed by atoms with Crippen molar-refractivity contribution in [2.24, 2.45) is 10.8 Å². The predicted molar refractivity (Wildman–Crippen MR) is 117 cm³/mol. The van der Waals surface area contributed by atoms with Crippen LogP contribution in [0.4, 0.5) is 10.1 Å². The molecule has 166 valence electrons. The number of amides is 3. The molecule has 1 aliphatic carbocycles. The third-order valence-corrected chi connectivity index (χ3v) is 5.42. The van der Waals surface area contributed by atoms with E-state index in [1.165, 1.54) is 29.3 Å². The van der Waals surface area contributed by atoms with Crippen molar-refractivity contribution in [1.29, 1.82) is 0 Å². The van der Waals surface area contributed by atoms with Crippen molar-refractivity contribution in [3.05, 3.63) is 66.0 Å². The third kappa shape index (κ3) is 5.11. The smallest absolute Gasteiger partial charge is 0.268 e. The number of hydrogen-bond acceptors (Lipinski definition) is 5. The number of nitrogens with zero attached hydrogens (tertiary/aromatic N) is 2. The zero-order valence-electron chi connectivity index (χ0n) is 17.3. The Morgan fingerprint density at radius 2 is 1.78 bits per heavy atom. The molecule has 32 heavy (non-hydrogen) atoms. The Morgan fingerprint density at radius 3 is 2.41 bits per heavy atom. The number of hydrazone groups is 1. The predicted octanol–water partition coefficient (Wildman–Crippen LogP) is 1.25. The SMILES string of the molecule is NC(=O)C1CC(C(=O)NC(Cc2ccccc2)C(=O)NC2CC2)=NN1c1ccc(F)cc1. The minimum Gasteiger partial charge on any atom is -0.368 e. The minimum absolute atomic E-state index is 0.0131.